The van der Waals surface area contributed by atoms with Crippen molar-refractivity contribution < 1.29 is 0 Å². The molecule has 21 heavy (non-hydrogen) atoms. The Morgan fingerprint density at radius 1 is 1.33 bits per heavy atom. The van der Waals surface area contributed by atoms with Crippen molar-refractivity contribution in [3.8, 4) is 0 Å². The lowest BCUT2D eigenvalue weighted by Crippen LogP contribution is -2.41. The topological polar surface area (TPSA) is 29.9 Å². The van der Waals surface area contributed by atoms with Crippen LogP contribution in [0, 0.1) is 11.8 Å². The predicted molar refractivity (Wildman–Crippen MR) is 89.4 cm³/mol. The molecule has 0 radical (unpaired) electrons. The molecule has 120 valence electrons. The molecular formula is C18H33N3. The molecule has 0 aliphatic heterocycles. The number of nitrogens with zero attached hydrogens (tertiary/aromatic N) is 2. The normalized spacial score (nSPS) is 27.0. The van der Waals surface area contributed by atoms with Crippen LogP contribution in [0.15, 0.2) is 12.4 Å². The van der Waals surface area contributed by atoms with E-state index in [1.54, 1.807) is 0 Å². The van der Waals surface area contributed by atoms with Gasteiger partial charge in [-0.2, -0.15) is 5.10 Å². The third-order valence-corrected chi connectivity index (χ3v) is 4.85. The van der Waals surface area contributed by atoms with Gasteiger partial charge in [-0.25, -0.2) is 0 Å². The molecule has 0 spiro atoms. The second kappa shape index (κ2) is 6.95. The Morgan fingerprint density at radius 3 is 2.67 bits per heavy atom. The van der Waals surface area contributed by atoms with E-state index in [0.717, 1.165) is 18.4 Å². The summed E-state index contributed by atoms with van der Waals surface area (Å²) in [4.78, 5) is 0. The van der Waals surface area contributed by atoms with Crippen molar-refractivity contribution >= 4 is 0 Å². The van der Waals surface area contributed by atoms with E-state index < -0.39 is 0 Å². The summed E-state index contributed by atoms with van der Waals surface area (Å²) in [6, 6.07) is 0. The molecule has 1 N–H and O–H groups in total. The summed E-state index contributed by atoms with van der Waals surface area (Å²) in [7, 11) is 2.03. The zero-order valence-corrected chi connectivity index (χ0v) is 14.5. The maximum Gasteiger partial charge on any atom is 0.0524 e. The van der Waals surface area contributed by atoms with Crippen molar-refractivity contribution in [1.29, 1.82) is 0 Å². The van der Waals surface area contributed by atoms with Crippen molar-refractivity contribution in [2.45, 2.75) is 71.3 Å². The summed E-state index contributed by atoms with van der Waals surface area (Å²) in [5, 5.41) is 8.12. The SMILES string of the molecule is CCCC1CCC(CNC(C)(C)C)C(c2cnn(C)c2)C1. The zero-order valence-electron chi connectivity index (χ0n) is 14.5. The molecule has 3 unspecified atom stereocenters. The third-order valence-electron chi connectivity index (χ3n) is 4.85. The molecule has 1 aromatic rings. The molecule has 1 fully saturated rings. The third kappa shape index (κ3) is 4.84. The first-order chi connectivity index (χ1) is 9.89. The van der Waals surface area contributed by atoms with Crippen molar-refractivity contribution in [2.75, 3.05) is 6.54 Å². The molecule has 3 heteroatoms. The van der Waals surface area contributed by atoms with E-state index in [1.807, 2.05) is 11.7 Å². The maximum atomic E-state index is 4.40. The average molecular weight is 291 g/mol. The quantitative estimate of drug-likeness (QED) is 0.885. The van der Waals surface area contributed by atoms with E-state index in [-0.39, 0.29) is 5.54 Å². The summed E-state index contributed by atoms with van der Waals surface area (Å²) in [6.07, 6.45) is 11.1. The van der Waals surface area contributed by atoms with E-state index in [4.69, 9.17) is 0 Å². The number of hydrogen-bond donors (Lipinski definition) is 1. The Hall–Kier alpha value is -0.830. The van der Waals surface area contributed by atoms with Gasteiger partial charge in [0, 0.05) is 18.8 Å². The lowest BCUT2D eigenvalue weighted by molar-refractivity contribution is 0.209. The molecular weight excluding hydrogens is 258 g/mol. The van der Waals surface area contributed by atoms with Gasteiger partial charge in [-0.1, -0.05) is 26.2 Å². The monoisotopic (exact) mass is 291 g/mol. The fraction of sp³-hybridized carbons (Fsp3) is 0.833. The van der Waals surface area contributed by atoms with Gasteiger partial charge in [-0.15, -0.1) is 0 Å². The standard InChI is InChI=1S/C18H33N3/c1-6-7-14-8-9-15(11-19-18(2,3)4)17(10-14)16-12-20-21(5)13-16/h12-15,17,19H,6-11H2,1-5H3. The van der Waals surface area contributed by atoms with Crippen LogP contribution >= 0.6 is 0 Å². The van der Waals surface area contributed by atoms with Gasteiger partial charge in [0.25, 0.3) is 0 Å². The Morgan fingerprint density at radius 2 is 2.10 bits per heavy atom. The summed E-state index contributed by atoms with van der Waals surface area (Å²) in [5.41, 5.74) is 1.65. The Bertz CT molecular complexity index is 430. The molecule has 0 saturated heterocycles. The molecule has 2 rings (SSSR count). The molecule has 0 aromatic carbocycles. The molecule has 0 amide bonds. The van der Waals surface area contributed by atoms with Gasteiger partial charge in [0.15, 0.2) is 0 Å². The van der Waals surface area contributed by atoms with Gasteiger partial charge >= 0.3 is 0 Å². The highest BCUT2D eigenvalue weighted by Gasteiger charge is 2.32. The number of rotatable bonds is 5. The molecule has 1 aliphatic rings. The summed E-state index contributed by atoms with van der Waals surface area (Å²) < 4.78 is 1.95. The van der Waals surface area contributed by atoms with Crippen molar-refractivity contribution in [1.82, 2.24) is 15.1 Å². The van der Waals surface area contributed by atoms with Crippen LogP contribution < -0.4 is 5.32 Å². The van der Waals surface area contributed by atoms with Crippen LogP contribution in [0.4, 0.5) is 0 Å². The minimum Gasteiger partial charge on any atom is -0.312 e. The van der Waals surface area contributed by atoms with Crippen molar-refractivity contribution in [2.24, 2.45) is 18.9 Å². The van der Waals surface area contributed by atoms with E-state index in [2.05, 4.69) is 50.5 Å². The van der Waals surface area contributed by atoms with Gasteiger partial charge in [-0.05, 0) is 63.5 Å². The van der Waals surface area contributed by atoms with E-state index in [0.29, 0.717) is 5.92 Å². The predicted octanol–water partition coefficient (Wildman–Crippen LogP) is 4.11. The average Bonchev–Trinajstić information content (AvgIpc) is 2.83. The number of aryl methyl sites for hydroxylation is 1. The number of hydrogen-bond acceptors (Lipinski definition) is 2. The Labute approximate surface area is 130 Å². The fourth-order valence-electron chi connectivity index (χ4n) is 3.71. The largest absolute Gasteiger partial charge is 0.312 e. The Kier molecular flexibility index (Phi) is 5.48. The smallest absolute Gasteiger partial charge is 0.0524 e. The van der Waals surface area contributed by atoms with Crippen LogP contribution in [0.2, 0.25) is 0 Å². The van der Waals surface area contributed by atoms with Crippen LogP contribution in [0.25, 0.3) is 0 Å². The summed E-state index contributed by atoms with van der Waals surface area (Å²) in [6.45, 7) is 10.2. The fourth-order valence-corrected chi connectivity index (χ4v) is 3.71. The molecule has 1 heterocycles. The van der Waals surface area contributed by atoms with E-state index >= 15 is 0 Å². The van der Waals surface area contributed by atoms with Gasteiger partial charge in [0.1, 0.15) is 0 Å². The van der Waals surface area contributed by atoms with Gasteiger partial charge in [-0.3, -0.25) is 4.68 Å². The van der Waals surface area contributed by atoms with Crippen LogP contribution in [-0.4, -0.2) is 21.9 Å². The summed E-state index contributed by atoms with van der Waals surface area (Å²) in [5.74, 6) is 2.34. The molecule has 3 atom stereocenters. The zero-order chi connectivity index (χ0) is 15.5. The lowest BCUT2D eigenvalue weighted by atomic mass is 9.70. The molecule has 3 nitrogen and oxygen atoms in total. The van der Waals surface area contributed by atoms with Gasteiger partial charge < -0.3 is 5.32 Å². The van der Waals surface area contributed by atoms with E-state index in [1.165, 1.54) is 37.7 Å². The second-order valence-corrected chi connectivity index (χ2v) is 7.91. The summed E-state index contributed by atoms with van der Waals surface area (Å²) >= 11 is 0. The first kappa shape index (κ1) is 16.5. The first-order valence-electron chi connectivity index (χ1n) is 8.62. The van der Waals surface area contributed by atoms with Crippen molar-refractivity contribution in [3.05, 3.63) is 18.0 Å². The molecule has 1 aliphatic carbocycles. The van der Waals surface area contributed by atoms with Crippen LogP contribution in [-0.2, 0) is 7.05 Å². The maximum absolute atomic E-state index is 4.40. The highest BCUT2D eigenvalue weighted by Crippen LogP contribution is 2.41. The Balaban J connectivity index is 2.06. The lowest BCUT2D eigenvalue weighted by Gasteiger charge is -2.37. The molecule has 1 saturated carbocycles. The van der Waals surface area contributed by atoms with Gasteiger partial charge in [0.2, 0.25) is 0 Å². The minimum atomic E-state index is 0.208. The molecule has 0 bridgehead atoms. The molecule has 1 aromatic heterocycles. The van der Waals surface area contributed by atoms with Crippen LogP contribution in [0.3, 0.4) is 0 Å². The van der Waals surface area contributed by atoms with Crippen molar-refractivity contribution in [3.63, 3.8) is 0 Å². The second-order valence-electron chi connectivity index (χ2n) is 7.91. The van der Waals surface area contributed by atoms with Crippen LogP contribution in [0.1, 0.15) is 71.3 Å². The van der Waals surface area contributed by atoms with E-state index in [9.17, 15) is 0 Å². The highest BCUT2D eigenvalue weighted by molar-refractivity contribution is 5.14. The first-order valence-corrected chi connectivity index (χ1v) is 8.62. The number of aromatic nitrogens is 2. The highest BCUT2D eigenvalue weighted by atomic mass is 15.2. The minimum absolute atomic E-state index is 0.208. The van der Waals surface area contributed by atoms with Gasteiger partial charge in [0.05, 0.1) is 6.20 Å². The number of nitrogens with one attached hydrogen (secondary N) is 1. The van der Waals surface area contributed by atoms with Crippen LogP contribution in [0.5, 0.6) is 0 Å².